The van der Waals surface area contributed by atoms with E-state index in [2.05, 4.69) is 83.2 Å². The highest BCUT2D eigenvalue weighted by atomic mass is 16.2. The van der Waals surface area contributed by atoms with Gasteiger partial charge in [0.25, 0.3) is 0 Å². The van der Waals surface area contributed by atoms with Crippen molar-refractivity contribution in [2.45, 2.75) is 18.4 Å². The Bertz CT molecular complexity index is 963. The third kappa shape index (κ3) is 3.74. The monoisotopic (exact) mass is 397 g/mol. The quantitative estimate of drug-likeness (QED) is 0.422. The minimum absolute atomic E-state index is 0.162. The Labute approximate surface area is 177 Å². The summed E-state index contributed by atoms with van der Waals surface area (Å²) < 4.78 is 1.89. The molecule has 2 N–H and O–H groups in total. The fraction of sp³-hybridized carbons (Fsp3) is 0.192. The zero-order chi connectivity index (χ0) is 20.8. The maximum atomic E-state index is 9.34. The molecule has 0 aliphatic rings. The molecule has 0 radical (unpaired) electrons. The standard InChI is InChI=1S/C26H27N3O/c1-29-25(21(20-27-29)12-11-19-30)28-26(22-13-5-2-6-14-22,23-15-7-3-8-16-23)24-17-9-4-10-18-24/h2-10,13-18,20,28,30H,11-12,19H2,1H3. The normalized spacial score (nSPS) is 11.4. The fourth-order valence-electron chi connectivity index (χ4n) is 4.06. The summed E-state index contributed by atoms with van der Waals surface area (Å²) >= 11 is 0. The summed E-state index contributed by atoms with van der Waals surface area (Å²) in [6.07, 6.45) is 3.36. The first kappa shape index (κ1) is 19.9. The van der Waals surface area contributed by atoms with Crippen molar-refractivity contribution in [1.29, 1.82) is 0 Å². The molecule has 0 saturated carbocycles. The van der Waals surface area contributed by atoms with Crippen LogP contribution in [0.15, 0.2) is 97.2 Å². The second kappa shape index (κ2) is 8.97. The van der Waals surface area contributed by atoms with Crippen LogP contribution in [0, 0.1) is 0 Å². The maximum absolute atomic E-state index is 9.34. The molecular formula is C26H27N3O. The topological polar surface area (TPSA) is 50.1 Å². The molecule has 0 fully saturated rings. The van der Waals surface area contributed by atoms with Gasteiger partial charge in [0.1, 0.15) is 11.4 Å². The van der Waals surface area contributed by atoms with E-state index in [1.807, 2.05) is 36.1 Å². The minimum atomic E-state index is -0.592. The summed E-state index contributed by atoms with van der Waals surface area (Å²) in [6, 6.07) is 31.6. The Morgan fingerprint density at radius 1 is 0.800 bits per heavy atom. The smallest absolute Gasteiger partial charge is 0.128 e. The summed E-state index contributed by atoms with van der Waals surface area (Å²) in [5, 5.41) is 17.7. The number of aromatic nitrogens is 2. The molecule has 4 nitrogen and oxygen atoms in total. The van der Waals surface area contributed by atoms with Crippen molar-refractivity contribution in [3.8, 4) is 0 Å². The van der Waals surface area contributed by atoms with Gasteiger partial charge in [-0.3, -0.25) is 4.68 Å². The van der Waals surface area contributed by atoms with E-state index in [0.717, 1.165) is 34.5 Å². The first-order chi connectivity index (χ1) is 14.8. The van der Waals surface area contributed by atoms with Crippen LogP contribution >= 0.6 is 0 Å². The van der Waals surface area contributed by atoms with Crippen molar-refractivity contribution in [3.05, 3.63) is 119 Å². The number of aryl methyl sites for hydroxylation is 2. The van der Waals surface area contributed by atoms with E-state index in [9.17, 15) is 5.11 Å². The predicted octanol–water partition coefficient (Wildman–Crippen LogP) is 4.75. The SMILES string of the molecule is Cn1ncc(CCCO)c1NC(c1ccccc1)(c1ccccc1)c1ccccc1. The van der Waals surface area contributed by atoms with Crippen molar-refractivity contribution in [3.63, 3.8) is 0 Å². The molecule has 0 amide bonds. The number of nitrogens with zero attached hydrogens (tertiary/aromatic N) is 2. The van der Waals surface area contributed by atoms with Crippen LogP contribution in [0.5, 0.6) is 0 Å². The van der Waals surface area contributed by atoms with Gasteiger partial charge >= 0.3 is 0 Å². The summed E-state index contributed by atoms with van der Waals surface area (Å²) in [5.41, 5.74) is 3.95. The number of rotatable bonds is 8. The second-order valence-corrected chi connectivity index (χ2v) is 7.44. The fourth-order valence-corrected chi connectivity index (χ4v) is 4.06. The van der Waals surface area contributed by atoms with Crippen LogP contribution in [-0.4, -0.2) is 21.5 Å². The van der Waals surface area contributed by atoms with Crippen molar-refractivity contribution in [1.82, 2.24) is 9.78 Å². The first-order valence-electron chi connectivity index (χ1n) is 10.3. The number of benzene rings is 3. The number of nitrogens with one attached hydrogen (secondary N) is 1. The highest BCUT2D eigenvalue weighted by molar-refractivity contribution is 5.60. The average Bonchev–Trinajstić information content (AvgIpc) is 3.16. The number of hydrogen-bond donors (Lipinski definition) is 2. The lowest BCUT2D eigenvalue weighted by atomic mass is 9.77. The van der Waals surface area contributed by atoms with Gasteiger partial charge < -0.3 is 10.4 Å². The van der Waals surface area contributed by atoms with Crippen molar-refractivity contribution in [2.75, 3.05) is 11.9 Å². The molecule has 3 aromatic carbocycles. The first-order valence-corrected chi connectivity index (χ1v) is 10.3. The van der Waals surface area contributed by atoms with E-state index in [1.54, 1.807) is 0 Å². The van der Waals surface area contributed by atoms with E-state index in [-0.39, 0.29) is 6.61 Å². The number of aliphatic hydroxyl groups excluding tert-OH is 1. The molecule has 0 aliphatic carbocycles. The zero-order valence-electron chi connectivity index (χ0n) is 17.2. The van der Waals surface area contributed by atoms with Gasteiger partial charge in [-0.25, -0.2) is 0 Å². The van der Waals surface area contributed by atoms with Crippen LogP contribution < -0.4 is 5.32 Å². The van der Waals surface area contributed by atoms with Gasteiger partial charge in [0.15, 0.2) is 0 Å². The second-order valence-electron chi connectivity index (χ2n) is 7.44. The molecule has 4 aromatic rings. The highest BCUT2D eigenvalue weighted by Crippen LogP contribution is 2.40. The Kier molecular flexibility index (Phi) is 5.96. The van der Waals surface area contributed by atoms with Gasteiger partial charge in [0.2, 0.25) is 0 Å². The number of hydrogen-bond acceptors (Lipinski definition) is 3. The van der Waals surface area contributed by atoms with Crippen molar-refractivity contribution >= 4 is 5.82 Å². The summed E-state index contributed by atoms with van der Waals surface area (Å²) in [5.74, 6) is 0.958. The van der Waals surface area contributed by atoms with Crippen LogP contribution in [0.3, 0.4) is 0 Å². The molecule has 4 rings (SSSR count). The van der Waals surface area contributed by atoms with E-state index < -0.39 is 5.54 Å². The Morgan fingerprint density at radius 2 is 1.27 bits per heavy atom. The van der Waals surface area contributed by atoms with E-state index in [0.29, 0.717) is 6.42 Å². The van der Waals surface area contributed by atoms with E-state index in [4.69, 9.17) is 0 Å². The molecule has 0 bridgehead atoms. The van der Waals surface area contributed by atoms with Crippen molar-refractivity contribution in [2.24, 2.45) is 7.05 Å². The lowest BCUT2D eigenvalue weighted by Crippen LogP contribution is -2.39. The summed E-state index contributed by atoms with van der Waals surface area (Å²) in [7, 11) is 1.95. The largest absolute Gasteiger partial charge is 0.396 e. The number of anilines is 1. The van der Waals surface area contributed by atoms with Gasteiger partial charge in [-0.05, 0) is 29.5 Å². The molecule has 0 unspecified atom stereocenters. The van der Waals surface area contributed by atoms with Crippen LogP contribution in [0.2, 0.25) is 0 Å². The van der Waals surface area contributed by atoms with Gasteiger partial charge in [-0.15, -0.1) is 0 Å². The molecule has 0 saturated heterocycles. The van der Waals surface area contributed by atoms with Gasteiger partial charge in [0.05, 0.1) is 6.20 Å². The van der Waals surface area contributed by atoms with Crippen molar-refractivity contribution < 1.29 is 5.11 Å². The molecule has 0 spiro atoms. The molecule has 0 aliphatic heterocycles. The molecule has 1 aromatic heterocycles. The molecule has 30 heavy (non-hydrogen) atoms. The van der Waals surface area contributed by atoms with Gasteiger partial charge in [-0.1, -0.05) is 91.0 Å². The summed E-state index contributed by atoms with van der Waals surface area (Å²) in [4.78, 5) is 0. The zero-order valence-corrected chi connectivity index (χ0v) is 17.2. The summed E-state index contributed by atoms with van der Waals surface area (Å²) in [6.45, 7) is 0.162. The lowest BCUT2D eigenvalue weighted by Gasteiger charge is -2.38. The minimum Gasteiger partial charge on any atom is -0.396 e. The van der Waals surface area contributed by atoms with Crippen LogP contribution in [0.4, 0.5) is 5.82 Å². The predicted molar refractivity (Wildman–Crippen MR) is 121 cm³/mol. The molecular weight excluding hydrogens is 370 g/mol. The average molecular weight is 398 g/mol. The molecule has 1 heterocycles. The lowest BCUT2D eigenvalue weighted by molar-refractivity contribution is 0.288. The van der Waals surface area contributed by atoms with E-state index in [1.165, 1.54) is 0 Å². The van der Waals surface area contributed by atoms with E-state index >= 15 is 0 Å². The maximum Gasteiger partial charge on any atom is 0.128 e. The number of aliphatic hydroxyl groups is 1. The highest BCUT2D eigenvalue weighted by Gasteiger charge is 2.37. The Morgan fingerprint density at radius 3 is 1.70 bits per heavy atom. The Balaban J connectivity index is 1.96. The van der Waals surface area contributed by atoms with Crippen LogP contribution in [0.1, 0.15) is 28.7 Å². The third-order valence-electron chi connectivity index (χ3n) is 5.55. The Hall–Kier alpha value is -3.37. The van der Waals surface area contributed by atoms with Gasteiger partial charge in [0, 0.05) is 19.2 Å². The molecule has 152 valence electrons. The van der Waals surface area contributed by atoms with Crippen LogP contribution in [-0.2, 0) is 19.0 Å². The third-order valence-corrected chi connectivity index (χ3v) is 5.55. The van der Waals surface area contributed by atoms with Gasteiger partial charge in [-0.2, -0.15) is 5.10 Å². The van der Waals surface area contributed by atoms with Crippen LogP contribution in [0.25, 0.3) is 0 Å². The molecule has 0 atom stereocenters. The molecule has 4 heteroatoms.